The van der Waals surface area contributed by atoms with Gasteiger partial charge in [-0.25, -0.2) is 8.78 Å². The zero-order valence-corrected chi connectivity index (χ0v) is 11.7. The maximum Gasteiger partial charge on any atom is 0.142 e. The molecular formula is C15H14ClF2NO. The molecule has 0 aliphatic heterocycles. The van der Waals surface area contributed by atoms with Crippen LogP contribution in [-0.2, 0) is 13.2 Å². The fraction of sp³-hybridized carbons (Fsp3) is 0.200. The lowest BCUT2D eigenvalue weighted by Gasteiger charge is -2.09. The van der Waals surface area contributed by atoms with Gasteiger partial charge in [-0.3, -0.25) is 0 Å². The Morgan fingerprint density at radius 2 is 1.85 bits per heavy atom. The maximum atomic E-state index is 13.7. The molecule has 0 aromatic heterocycles. The van der Waals surface area contributed by atoms with Crippen LogP contribution in [0.25, 0.3) is 0 Å². The Kier molecular flexibility index (Phi) is 4.93. The predicted octanol–water partition coefficient (Wildman–Crippen LogP) is 3.92. The Labute approximate surface area is 121 Å². The zero-order chi connectivity index (χ0) is 14.5. The van der Waals surface area contributed by atoms with Crippen LogP contribution in [0.1, 0.15) is 11.1 Å². The van der Waals surface area contributed by atoms with Gasteiger partial charge in [-0.15, -0.1) is 0 Å². The van der Waals surface area contributed by atoms with E-state index in [9.17, 15) is 8.78 Å². The Balaban J connectivity index is 2.09. The first-order valence-electron chi connectivity index (χ1n) is 6.10. The summed E-state index contributed by atoms with van der Waals surface area (Å²) in [5.74, 6) is -0.450. The quantitative estimate of drug-likeness (QED) is 0.903. The number of rotatable bonds is 5. The lowest BCUT2D eigenvalue weighted by Crippen LogP contribution is -2.07. The topological polar surface area (TPSA) is 21.3 Å². The lowest BCUT2D eigenvalue weighted by atomic mass is 10.1. The van der Waals surface area contributed by atoms with Gasteiger partial charge in [-0.1, -0.05) is 17.7 Å². The van der Waals surface area contributed by atoms with Crippen molar-refractivity contribution in [1.29, 1.82) is 0 Å². The summed E-state index contributed by atoms with van der Waals surface area (Å²) in [5, 5.41) is 2.97. The van der Waals surface area contributed by atoms with Crippen LogP contribution in [-0.4, -0.2) is 7.05 Å². The molecule has 0 spiro atoms. The molecule has 0 aliphatic carbocycles. The fourth-order valence-corrected chi connectivity index (χ4v) is 1.95. The van der Waals surface area contributed by atoms with Gasteiger partial charge < -0.3 is 10.1 Å². The van der Waals surface area contributed by atoms with Gasteiger partial charge in [0.25, 0.3) is 0 Å². The van der Waals surface area contributed by atoms with Gasteiger partial charge in [-0.05, 0) is 36.9 Å². The molecule has 1 N–H and O–H groups in total. The van der Waals surface area contributed by atoms with Crippen LogP contribution in [0.5, 0.6) is 5.75 Å². The van der Waals surface area contributed by atoms with E-state index in [-0.39, 0.29) is 17.4 Å². The van der Waals surface area contributed by atoms with Crippen LogP contribution < -0.4 is 10.1 Å². The second kappa shape index (κ2) is 6.68. The molecule has 2 aromatic carbocycles. The third-order valence-electron chi connectivity index (χ3n) is 2.78. The first-order chi connectivity index (χ1) is 9.60. The van der Waals surface area contributed by atoms with E-state index in [0.29, 0.717) is 17.9 Å². The van der Waals surface area contributed by atoms with Gasteiger partial charge in [0, 0.05) is 18.2 Å². The highest BCUT2D eigenvalue weighted by atomic mass is 35.5. The molecule has 0 saturated carbocycles. The van der Waals surface area contributed by atoms with Crippen molar-refractivity contribution in [2.24, 2.45) is 0 Å². The van der Waals surface area contributed by atoms with Gasteiger partial charge in [-0.2, -0.15) is 0 Å². The molecule has 0 radical (unpaired) electrons. The Morgan fingerprint density at radius 1 is 1.10 bits per heavy atom. The van der Waals surface area contributed by atoms with Crippen LogP contribution in [0.4, 0.5) is 8.78 Å². The first kappa shape index (κ1) is 14.8. The SMILES string of the molecule is CNCc1ccc(F)c(COc2ccc(F)c(Cl)c2)c1. The minimum Gasteiger partial charge on any atom is -0.489 e. The van der Waals surface area contributed by atoms with Crippen LogP contribution in [0.3, 0.4) is 0 Å². The van der Waals surface area contributed by atoms with E-state index in [1.807, 2.05) is 7.05 Å². The molecule has 0 bridgehead atoms. The molecule has 2 nitrogen and oxygen atoms in total. The predicted molar refractivity (Wildman–Crippen MR) is 74.9 cm³/mol. The van der Waals surface area contributed by atoms with Crippen molar-refractivity contribution in [2.75, 3.05) is 7.05 Å². The van der Waals surface area contributed by atoms with Crippen LogP contribution in [0.15, 0.2) is 36.4 Å². The van der Waals surface area contributed by atoms with Crippen LogP contribution in [0.2, 0.25) is 5.02 Å². The van der Waals surface area contributed by atoms with E-state index in [4.69, 9.17) is 16.3 Å². The van der Waals surface area contributed by atoms with Crippen molar-refractivity contribution in [1.82, 2.24) is 5.32 Å². The third-order valence-corrected chi connectivity index (χ3v) is 3.07. The molecule has 0 amide bonds. The van der Waals surface area contributed by atoms with Crippen LogP contribution in [0, 0.1) is 11.6 Å². The van der Waals surface area contributed by atoms with Crippen molar-refractivity contribution < 1.29 is 13.5 Å². The monoisotopic (exact) mass is 297 g/mol. The second-order valence-corrected chi connectivity index (χ2v) is 4.73. The average molecular weight is 298 g/mol. The molecule has 20 heavy (non-hydrogen) atoms. The van der Waals surface area contributed by atoms with Crippen LogP contribution >= 0.6 is 11.6 Å². The minimum atomic E-state index is -0.513. The van der Waals surface area contributed by atoms with Crippen molar-refractivity contribution in [3.63, 3.8) is 0 Å². The number of hydrogen-bond donors (Lipinski definition) is 1. The van der Waals surface area contributed by atoms with E-state index in [0.717, 1.165) is 5.56 Å². The molecule has 106 valence electrons. The molecule has 0 atom stereocenters. The van der Waals surface area contributed by atoms with E-state index in [1.54, 1.807) is 12.1 Å². The van der Waals surface area contributed by atoms with Gasteiger partial charge >= 0.3 is 0 Å². The number of nitrogens with one attached hydrogen (secondary N) is 1. The summed E-state index contributed by atoms with van der Waals surface area (Å²) < 4.78 is 32.1. The average Bonchev–Trinajstić information content (AvgIpc) is 2.43. The summed E-state index contributed by atoms with van der Waals surface area (Å²) >= 11 is 5.66. The highest BCUT2D eigenvalue weighted by molar-refractivity contribution is 6.30. The van der Waals surface area contributed by atoms with E-state index >= 15 is 0 Å². The van der Waals surface area contributed by atoms with Gasteiger partial charge in [0.15, 0.2) is 0 Å². The van der Waals surface area contributed by atoms with Crippen molar-refractivity contribution in [2.45, 2.75) is 13.2 Å². The van der Waals surface area contributed by atoms with E-state index in [2.05, 4.69) is 5.32 Å². The van der Waals surface area contributed by atoms with E-state index < -0.39 is 5.82 Å². The molecule has 2 aromatic rings. The fourth-order valence-electron chi connectivity index (χ4n) is 1.78. The highest BCUT2D eigenvalue weighted by Gasteiger charge is 2.06. The smallest absolute Gasteiger partial charge is 0.142 e. The summed E-state index contributed by atoms with van der Waals surface area (Å²) in [6.45, 7) is 0.709. The summed E-state index contributed by atoms with van der Waals surface area (Å²) in [5.41, 5.74) is 1.41. The summed E-state index contributed by atoms with van der Waals surface area (Å²) in [6, 6.07) is 8.89. The molecule has 0 heterocycles. The standard InChI is InChI=1S/C15H14ClF2NO/c1-19-8-10-2-4-14(17)11(6-10)9-20-12-3-5-15(18)13(16)7-12/h2-7,19H,8-9H2,1H3. The first-order valence-corrected chi connectivity index (χ1v) is 6.47. The molecular weight excluding hydrogens is 284 g/mol. The Hall–Kier alpha value is -1.65. The number of ether oxygens (including phenoxy) is 1. The van der Waals surface area contributed by atoms with Gasteiger partial charge in [0.2, 0.25) is 0 Å². The highest BCUT2D eigenvalue weighted by Crippen LogP contribution is 2.22. The molecule has 0 unspecified atom stereocenters. The molecule has 0 aliphatic rings. The summed E-state index contributed by atoms with van der Waals surface area (Å²) in [6.07, 6.45) is 0. The van der Waals surface area contributed by atoms with Gasteiger partial charge in [0.1, 0.15) is 24.0 Å². The number of halogens is 3. The van der Waals surface area contributed by atoms with Crippen molar-refractivity contribution >= 4 is 11.6 Å². The largest absolute Gasteiger partial charge is 0.489 e. The minimum absolute atomic E-state index is 0.0214. The summed E-state index contributed by atoms with van der Waals surface area (Å²) in [4.78, 5) is 0. The Bertz CT molecular complexity index is 604. The van der Waals surface area contributed by atoms with Gasteiger partial charge in [0.05, 0.1) is 5.02 Å². The second-order valence-electron chi connectivity index (χ2n) is 4.32. The summed E-state index contributed by atoms with van der Waals surface area (Å²) in [7, 11) is 1.82. The van der Waals surface area contributed by atoms with Crippen molar-refractivity contribution in [3.05, 3.63) is 64.2 Å². The lowest BCUT2D eigenvalue weighted by molar-refractivity contribution is 0.299. The van der Waals surface area contributed by atoms with Crippen molar-refractivity contribution in [3.8, 4) is 5.75 Å². The number of benzene rings is 2. The molecule has 0 saturated heterocycles. The molecule has 2 rings (SSSR count). The molecule has 5 heteroatoms. The number of hydrogen-bond acceptors (Lipinski definition) is 2. The third kappa shape index (κ3) is 3.68. The Morgan fingerprint density at radius 3 is 2.55 bits per heavy atom. The maximum absolute atomic E-state index is 13.7. The van der Waals surface area contributed by atoms with E-state index in [1.165, 1.54) is 24.3 Å². The normalized spacial score (nSPS) is 10.6. The molecule has 0 fully saturated rings. The zero-order valence-electron chi connectivity index (χ0n) is 10.9.